The minimum atomic E-state index is -0.155. The van der Waals surface area contributed by atoms with Gasteiger partial charge in [0.25, 0.3) is 0 Å². The molecule has 0 amide bonds. The van der Waals surface area contributed by atoms with E-state index in [1.165, 1.54) is 51.1 Å². The summed E-state index contributed by atoms with van der Waals surface area (Å²) < 4.78 is 36.0. The van der Waals surface area contributed by atoms with Crippen molar-refractivity contribution < 1.29 is 18.3 Å². The molecule has 2 aromatic heterocycles. The molecule has 0 aliphatic rings. The highest BCUT2D eigenvalue weighted by Crippen LogP contribution is 2.29. The monoisotopic (exact) mass is 1180 g/mol. The van der Waals surface area contributed by atoms with Gasteiger partial charge in [-0.15, -0.1) is 0 Å². The summed E-state index contributed by atoms with van der Waals surface area (Å²) in [5.41, 5.74) is 12.8. The summed E-state index contributed by atoms with van der Waals surface area (Å²) in [7, 11) is 3.38. The fourth-order valence-corrected chi connectivity index (χ4v) is 8.22. The van der Waals surface area contributed by atoms with Crippen molar-refractivity contribution in [3.8, 4) is 11.5 Å². The van der Waals surface area contributed by atoms with Crippen molar-refractivity contribution in [2.24, 2.45) is 0 Å². The lowest BCUT2D eigenvalue weighted by molar-refractivity contribution is 0.412. The van der Waals surface area contributed by atoms with E-state index in [2.05, 4.69) is 259 Å². The summed E-state index contributed by atoms with van der Waals surface area (Å²) in [6.45, 7) is 54.1. The van der Waals surface area contributed by atoms with Crippen LogP contribution in [0.2, 0.25) is 0 Å². The third-order valence-electron chi connectivity index (χ3n) is 13.9. The van der Waals surface area contributed by atoms with Crippen LogP contribution in [-0.4, -0.2) is 24.2 Å². The maximum absolute atomic E-state index is 13.1. The second-order valence-electron chi connectivity index (χ2n) is 30.1. The lowest BCUT2D eigenvalue weighted by Gasteiger charge is -2.21. The first-order chi connectivity index (χ1) is 39.9. The van der Waals surface area contributed by atoms with Crippen LogP contribution in [0.3, 0.4) is 0 Å². The van der Waals surface area contributed by atoms with Gasteiger partial charge in [-0.25, -0.2) is 8.78 Å². The van der Waals surface area contributed by atoms with Gasteiger partial charge in [0.05, 0.1) is 14.2 Å². The molecule has 8 aromatic rings. The quantitative estimate of drug-likeness (QED) is 0.173. The molecule has 0 N–H and O–H groups in total. The Hall–Kier alpha value is -6.92. The Morgan fingerprint density at radius 3 is 1.00 bits per heavy atom. The molecule has 0 spiro atoms. The zero-order chi connectivity index (χ0) is 66.7. The smallest absolute Gasteiger partial charge is 0.126 e. The molecule has 4 nitrogen and oxygen atoms in total. The Morgan fingerprint density at radius 1 is 0.287 bits per heavy atom. The SMILES string of the molecule is CC(C)(C)c1cccc(F)c1.CC(C)(C)c1ccccc1.CC(C)(C)c1ccccc1F.CC(C)(C)c1cccnc1.CC(C)(C)c1ccncc1.COc1ccc(C(C)(C)C)cc1.COc1cccc(C(C)(C)C)c1.Cc1ccccc1C(C)(C)C. The van der Waals surface area contributed by atoms with Gasteiger partial charge in [0.1, 0.15) is 23.1 Å². The van der Waals surface area contributed by atoms with Crippen molar-refractivity contribution in [2.75, 3.05) is 14.2 Å². The Labute approximate surface area is 530 Å². The molecule has 0 atom stereocenters. The zero-order valence-corrected chi connectivity index (χ0v) is 59.0. The van der Waals surface area contributed by atoms with E-state index in [0.29, 0.717) is 5.41 Å². The molecule has 0 fully saturated rings. The first kappa shape index (κ1) is 78.1. The number of ether oxygens (including phenoxy) is 2. The second-order valence-corrected chi connectivity index (χ2v) is 30.1. The number of benzene rings is 6. The van der Waals surface area contributed by atoms with E-state index in [1.54, 1.807) is 38.6 Å². The topological polar surface area (TPSA) is 44.2 Å². The first-order valence-electron chi connectivity index (χ1n) is 30.7. The van der Waals surface area contributed by atoms with Gasteiger partial charge in [0, 0.05) is 24.8 Å². The van der Waals surface area contributed by atoms with Gasteiger partial charge in [-0.05, 0) is 161 Å². The maximum Gasteiger partial charge on any atom is 0.126 e. The zero-order valence-electron chi connectivity index (χ0n) is 59.0. The Kier molecular flexibility index (Phi) is 31.6. The highest BCUT2D eigenvalue weighted by Gasteiger charge is 2.19. The normalized spacial score (nSPS) is 11.5. The van der Waals surface area contributed by atoms with E-state index < -0.39 is 0 Å². The summed E-state index contributed by atoms with van der Waals surface area (Å²) in [5.74, 6) is 1.59. The van der Waals surface area contributed by atoms with E-state index in [9.17, 15) is 8.78 Å². The van der Waals surface area contributed by atoms with Gasteiger partial charge in [0.2, 0.25) is 0 Å². The van der Waals surface area contributed by atoms with Crippen LogP contribution in [0, 0.1) is 18.6 Å². The lowest BCUT2D eigenvalue weighted by atomic mass is 9.84. The number of nitrogens with zero attached hydrogens (tertiary/aromatic N) is 2. The van der Waals surface area contributed by atoms with Crippen molar-refractivity contribution in [3.63, 3.8) is 0 Å². The van der Waals surface area contributed by atoms with Gasteiger partial charge in [-0.1, -0.05) is 281 Å². The largest absolute Gasteiger partial charge is 0.497 e. The third-order valence-corrected chi connectivity index (χ3v) is 13.9. The van der Waals surface area contributed by atoms with Gasteiger partial charge < -0.3 is 9.47 Å². The number of hydrogen-bond acceptors (Lipinski definition) is 4. The van der Waals surface area contributed by atoms with Gasteiger partial charge >= 0.3 is 0 Å². The summed E-state index contributed by atoms with van der Waals surface area (Å²) in [6, 6.07) is 57.4. The van der Waals surface area contributed by atoms with Crippen LogP contribution in [0.15, 0.2) is 201 Å². The highest BCUT2D eigenvalue weighted by atomic mass is 19.1. The van der Waals surface area contributed by atoms with Gasteiger partial charge in [0.15, 0.2) is 0 Å². The fraction of sp³-hybridized carbons (Fsp3) is 0.432. The molecule has 8 rings (SSSR count). The highest BCUT2D eigenvalue weighted by molar-refractivity contribution is 5.34. The lowest BCUT2D eigenvalue weighted by Crippen LogP contribution is -2.12. The standard InChI is InChI=1S/2C11H16O.C11H16.2C10H13F.C10H14.2C9H13N/c1-11(2,3)9-5-7-10(12-4)8-6-9;1-11(2,3)9-6-5-7-10(8-9)12-4;1-9-7-5-6-8-10(9)11(2,3)4;1-10(2,3)8-5-4-6-9(11)7-8;1-10(2,3)8-6-4-5-7-9(8)11;1-10(2,3)9-7-5-4-6-8-9;1-9(2,3)8-4-6-10-7-5-8;1-9(2,3)8-5-4-6-10-7-8/h2*5-8H,1-4H3;5-8H,1-4H3;2*4-7H,1-3H3;4-8H,1-3H3;2*4-7H,1-3H3. The van der Waals surface area contributed by atoms with Crippen LogP contribution >= 0.6 is 0 Å². The molecule has 0 aliphatic heterocycles. The summed E-state index contributed by atoms with van der Waals surface area (Å²) in [6.07, 6.45) is 7.39. The van der Waals surface area contributed by atoms with Gasteiger partial charge in [-0.2, -0.15) is 0 Å². The van der Waals surface area contributed by atoms with Crippen molar-refractivity contribution in [1.29, 1.82) is 0 Å². The molecule has 474 valence electrons. The van der Waals surface area contributed by atoms with Crippen molar-refractivity contribution in [3.05, 3.63) is 262 Å². The third kappa shape index (κ3) is 32.0. The Bertz CT molecular complexity index is 2940. The molecule has 0 aliphatic carbocycles. The predicted octanol–water partition coefficient (Wildman–Crippen LogP) is 23.3. The fourth-order valence-electron chi connectivity index (χ4n) is 8.22. The molecule has 2 heterocycles. The number of halogens is 2. The molecule has 0 saturated heterocycles. The number of rotatable bonds is 2. The molecule has 0 saturated carbocycles. The van der Waals surface area contributed by atoms with E-state index in [0.717, 1.165) is 22.6 Å². The van der Waals surface area contributed by atoms with Crippen molar-refractivity contribution >= 4 is 0 Å². The van der Waals surface area contributed by atoms with Crippen LogP contribution < -0.4 is 9.47 Å². The van der Waals surface area contributed by atoms with E-state index in [4.69, 9.17) is 9.47 Å². The number of aromatic nitrogens is 2. The molecule has 0 radical (unpaired) electrons. The molecular weight excluding hydrogens is 1070 g/mol. The predicted molar refractivity (Wildman–Crippen MR) is 374 cm³/mol. The first-order valence-corrected chi connectivity index (χ1v) is 30.7. The number of pyridine rings is 2. The Morgan fingerprint density at radius 2 is 0.667 bits per heavy atom. The molecule has 0 bridgehead atoms. The molecule has 87 heavy (non-hydrogen) atoms. The summed E-state index contributed by atoms with van der Waals surface area (Å²) >= 11 is 0. The molecule has 6 heteroatoms. The Balaban J connectivity index is 0.000000498. The van der Waals surface area contributed by atoms with E-state index in [1.807, 2.05) is 87.9 Å². The second kappa shape index (κ2) is 35.2. The molecule has 0 unspecified atom stereocenters. The van der Waals surface area contributed by atoms with Crippen molar-refractivity contribution in [2.45, 2.75) is 216 Å². The van der Waals surface area contributed by atoms with Crippen LogP contribution in [-0.2, 0) is 43.3 Å². The van der Waals surface area contributed by atoms with E-state index in [-0.39, 0.29) is 49.5 Å². The van der Waals surface area contributed by atoms with Crippen LogP contribution in [0.4, 0.5) is 8.78 Å². The average Bonchev–Trinajstić information content (AvgIpc) is 3.34. The van der Waals surface area contributed by atoms with Crippen molar-refractivity contribution in [1.82, 2.24) is 9.97 Å². The van der Waals surface area contributed by atoms with Gasteiger partial charge in [-0.3, -0.25) is 9.97 Å². The van der Waals surface area contributed by atoms with Crippen LogP contribution in [0.5, 0.6) is 11.5 Å². The minimum Gasteiger partial charge on any atom is -0.497 e. The molecule has 6 aromatic carbocycles. The van der Waals surface area contributed by atoms with E-state index >= 15 is 0 Å². The summed E-state index contributed by atoms with van der Waals surface area (Å²) in [5, 5.41) is 0. The van der Waals surface area contributed by atoms with Crippen LogP contribution in [0.25, 0.3) is 0 Å². The minimum absolute atomic E-state index is 0.0437. The number of methoxy groups -OCH3 is 2. The average molecular weight is 1190 g/mol. The van der Waals surface area contributed by atoms with Crippen LogP contribution in [0.1, 0.15) is 216 Å². The summed E-state index contributed by atoms with van der Waals surface area (Å²) in [4.78, 5) is 8.01. The number of hydrogen-bond donors (Lipinski definition) is 0. The maximum atomic E-state index is 13.1. The molecular formula is C81H114F2N2O2. The number of aryl methyl sites for hydroxylation is 1.